The lowest BCUT2D eigenvalue weighted by Gasteiger charge is -2.07. The fourth-order valence-electron chi connectivity index (χ4n) is 2.89. The number of rotatable bonds is 7. The first kappa shape index (κ1) is 22.1. The number of aryl methyl sites for hydroxylation is 1. The van der Waals surface area contributed by atoms with Gasteiger partial charge in [0.25, 0.3) is 0 Å². The zero-order chi connectivity index (χ0) is 22.4. The van der Waals surface area contributed by atoms with Crippen molar-refractivity contribution in [2.24, 2.45) is 0 Å². The molecule has 0 saturated carbocycles. The Hall–Kier alpha value is -3.63. The minimum absolute atomic E-state index is 0.106. The van der Waals surface area contributed by atoms with E-state index in [1.54, 1.807) is 39.4 Å². The van der Waals surface area contributed by atoms with E-state index in [0.29, 0.717) is 39.2 Å². The summed E-state index contributed by atoms with van der Waals surface area (Å²) >= 11 is 1.28. The molecule has 158 valence electrons. The minimum atomic E-state index is -0.106. The Morgan fingerprint density at radius 1 is 1.16 bits per heavy atom. The van der Waals surface area contributed by atoms with Crippen LogP contribution >= 0.6 is 11.3 Å². The highest BCUT2D eigenvalue weighted by Crippen LogP contribution is 2.37. The number of thiazole rings is 1. The van der Waals surface area contributed by atoms with Crippen molar-refractivity contribution in [1.29, 1.82) is 5.26 Å². The molecular formula is C24H23N3O3S. The Labute approximate surface area is 185 Å². The molecule has 0 fully saturated rings. The van der Waals surface area contributed by atoms with E-state index in [0.717, 1.165) is 16.7 Å². The molecular weight excluding hydrogens is 410 g/mol. The molecule has 6 nitrogen and oxygen atoms in total. The highest BCUT2D eigenvalue weighted by atomic mass is 32.1. The number of hydrogen-bond acceptors (Lipinski definition) is 6. The average Bonchev–Trinajstić information content (AvgIpc) is 3.20. The van der Waals surface area contributed by atoms with Gasteiger partial charge in [-0.15, -0.1) is 0 Å². The fourth-order valence-corrected chi connectivity index (χ4v) is 3.86. The summed E-state index contributed by atoms with van der Waals surface area (Å²) in [5.41, 5.74) is 3.82. The Morgan fingerprint density at radius 2 is 1.87 bits per heavy atom. The van der Waals surface area contributed by atoms with Crippen LogP contribution in [0.1, 0.15) is 29.5 Å². The molecule has 0 aliphatic rings. The van der Waals surface area contributed by atoms with Crippen molar-refractivity contribution in [3.05, 3.63) is 58.6 Å². The van der Waals surface area contributed by atoms with Gasteiger partial charge in [-0.1, -0.05) is 54.2 Å². The maximum atomic E-state index is 12.1. The van der Waals surface area contributed by atoms with Crippen molar-refractivity contribution >= 4 is 33.9 Å². The summed E-state index contributed by atoms with van der Waals surface area (Å²) in [5, 5.41) is 13.9. The highest BCUT2D eigenvalue weighted by molar-refractivity contribution is 7.17. The van der Waals surface area contributed by atoms with E-state index in [1.165, 1.54) is 11.3 Å². The van der Waals surface area contributed by atoms with Gasteiger partial charge in [0.05, 0.1) is 19.8 Å². The number of nitrogens with zero attached hydrogens (tertiary/aromatic N) is 2. The van der Waals surface area contributed by atoms with Crippen LogP contribution in [0.3, 0.4) is 0 Å². The molecule has 0 aliphatic carbocycles. The Kier molecular flexibility index (Phi) is 7.06. The van der Waals surface area contributed by atoms with E-state index in [1.807, 2.05) is 37.3 Å². The van der Waals surface area contributed by atoms with E-state index in [2.05, 4.69) is 11.4 Å². The number of anilines is 1. The first-order valence-electron chi connectivity index (χ1n) is 9.71. The Bertz CT molecular complexity index is 1160. The van der Waals surface area contributed by atoms with E-state index >= 15 is 0 Å². The first-order valence-corrected chi connectivity index (χ1v) is 10.5. The van der Waals surface area contributed by atoms with Crippen molar-refractivity contribution in [2.75, 3.05) is 19.5 Å². The third-order valence-electron chi connectivity index (χ3n) is 4.60. The van der Waals surface area contributed by atoms with Crippen molar-refractivity contribution in [3.8, 4) is 28.8 Å². The predicted octanol–water partition coefficient (Wildman–Crippen LogP) is 5.55. The fraction of sp³-hybridized carbons (Fsp3) is 0.208. The highest BCUT2D eigenvalue weighted by Gasteiger charge is 2.18. The van der Waals surface area contributed by atoms with Crippen LogP contribution in [0.2, 0.25) is 0 Å². The van der Waals surface area contributed by atoms with Gasteiger partial charge in [0.2, 0.25) is 5.91 Å². The SMILES string of the molecule is CCC(=O)Nc1sc(C(C#N)=Cc2ccc(OC)c(OC)c2)nc1-c1ccc(C)cc1. The smallest absolute Gasteiger partial charge is 0.224 e. The normalized spacial score (nSPS) is 11.0. The van der Waals surface area contributed by atoms with Crippen molar-refractivity contribution in [1.82, 2.24) is 4.98 Å². The molecule has 31 heavy (non-hydrogen) atoms. The summed E-state index contributed by atoms with van der Waals surface area (Å²) in [6.45, 7) is 3.80. The number of amides is 1. The molecule has 7 heteroatoms. The molecule has 3 rings (SSSR count). The second-order valence-electron chi connectivity index (χ2n) is 6.75. The lowest BCUT2D eigenvalue weighted by atomic mass is 10.1. The maximum Gasteiger partial charge on any atom is 0.224 e. The molecule has 0 atom stereocenters. The van der Waals surface area contributed by atoms with Gasteiger partial charge in [-0.05, 0) is 30.7 Å². The Morgan fingerprint density at radius 3 is 2.48 bits per heavy atom. The first-order chi connectivity index (χ1) is 15.0. The van der Waals surface area contributed by atoms with Crippen molar-refractivity contribution in [2.45, 2.75) is 20.3 Å². The summed E-state index contributed by atoms with van der Waals surface area (Å²) in [7, 11) is 3.14. The standard InChI is InChI=1S/C24H23N3O3S/c1-5-21(28)26-24-22(17-9-6-15(2)7-10-17)27-23(31-24)18(14-25)12-16-8-11-19(29-3)20(13-16)30-4/h6-13H,5H2,1-4H3,(H,26,28). The van der Waals surface area contributed by atoms with Crippen LogP contribution in [0.15, 0.2) is 42.5 Å². The molecule has 2 aromatic carbocycles. The quantitative estimate of drug-likeness (QED) is 0.494. The van der Waals surface area contributed by atoms with Crippen LogP contribution in [0.25, 0.3) is 22.9 Å². The van der Waals surface area contributed by atoms with Crippen LogP contribution in [0.4, 0.5) is 5.00 Å². The van der Waals surface area contributed by atoms with Gasteiger partial charge < -0.3 is 14.8 Å². The molecule has 1 N–H and O–H groups in total. The van der Waals surface area contributed by atoms with E-state index in [4.69, 9.17) is 14.5 Å². The van der Waals surface area contributed by atoms with Crippen LogP contribution in [0.5, 0.6) is 11.5 Å². The second-order valence-corrected chi connectivity index (χ2v) is 7.75. The number of nitriles is 1. The van der Waals surface area contributed by atoms with Gasteiger partial charge >= 0.3 is 0 Å². The Balaban J connectivity index is 2.06. The van der Waals surface area contributed by atoms with Gasteiger partial charge in [0.15, 0.2) is 11.5 Å². The average molecular weight is 434 g/mol. The van der Waals surface area contributed by atoms with Gasteiger partial charge in [-0.25, -0.2) is 4.98 Å². The van der Waals surface area contributed by atoms with Crippen LogP contribution in [-0.2, 0) is 4.79 Å². The van der Waals surface area contributed by atoms with Crippen molar-refractivity contribution < 1.29 is 14.3 Å². The zero-order valence-electron chi connectivity index (χ0n) is 17.9. The number of methoxy groups -OCH3 is 2. The number of benzene rings is 2. The van der Waals surface area contributed by atoms with Gasteiger partial charge in [0.1, 0.15) is 21.8 Å². The molecule has 1 heterocycles. The largest absolute Gasteiger partial charge is 0.493 e. The number of carbonyl (C=O) groups is 1. The summed E-state index contributed by atoms with van der Waals surface area (Å²) in [4.78, 5) is 16.8. The topological polar surface area (TPSA) is 84.2 Å². The van der Waals surface area contributed by atoms with Gasteiger partial charge in [-0.2, -0.15) is 5.26 Å². The summed E-state index contributed by atoms with van der Waals surface area (Å²) in [6, 6.07) is 15.5. The molecule has 0 saturated heterocycles. The van der Waals surface area contributed by atoms with E-state index in [9.17, 15) is 10.1 Å². The lowest BCUT2D eigenvalue weighted by Crippen LogP contribution is -2.08. The summed E-state index contributed by atoms with van der Waals surface area (Å²) in [5.74, 6) is 1.08. The summed E-state index contributed by atoms with van der Waals surface area (Å²) in [6.07, 6.45) is 2.10. The number of hydrogen-bond donors (Lipinski definition) is 1. The van der Waals surface area contributed by atoms with Gasteiger partial charge in [-0.3, -0.25) is 4.79 Å². The monoisotopic (exact) mass is 433 g/mol. The molecule has 0 bridgehead atoms. The number of carbonyl (C=O) groups excluding carboxylic acids is 1. The molecule has 0 unspecified atom stereocenters. The maximum absolute atomic E-state index is 12.1. The van der Waals surface area contributed by atoms with Gasteiger partial charge in [0, 0.05) is 12.0 Å². The molecule has 3 aromatic rings. The minimum Gasteiger partial charge on any atom is -0.493 e. The molecule has 1 aromatic heterocycles. The van der Waals surface area contributed by atoms with Crippen molar-refractivity contribution in [3.63, 3.8) is 0 Å². The number of nitrogens with one attached hydrogen (secondary N) is 1. The molecule has 0 radical (unpaired) electrons. The van der Waals surface area contributed by atoms with Crippen LogP contribution in [-0.4, -0.2) is 25.1 Å². The van der Waals surface area contributed by atoms with Crippen LogP contribution < -0.4 is 14.8 Å². The second kappa shape index (κ2) is 9.92. The lowest BCUT2D eigenvalue weighted by molar-refractivity contribution is -0.115. The van der Waals surface area contributed by atoms with E-state index in [-0.39, 0.29) is 5.91 Å². The third kappa shape index (κ3) is 5.11. The van der Waals surface area contributed by atoms with Crippen LogP contribution in [0, 0.1) is 18.3 Å². The number of ether oxygens (including phenoxy) is 2. The van der Waals surface area contributed by atoms with E-state index < -0.39 is 0 Å². The molecule has 0 aliphatic heterocycles. The molecule has 1 amide bonds. The number of aromatic nitrogens is 1. The molecule has 0 spiro atoms. The third-order valence-corrected chi connectivity index (χ3v) is 5.60. The number of allylic oxidation sites excluding steroid dienone is 1. The summed E-state index contributed by atoms with van der Waals surface area (Å²) < 4.78 is 10.6. The predicted molar refractivity (Wildman–Crippen MR) is 124 cm³/mol. The zero-order valence-corrected chi connectivity index (χ0v) is 18.7.